The van der Waals surface area contributed by atoms with Crippen molar-refractivity contribution in [2.75, 3.05) is 0 Å². The zero-order valence-electron chi connectivity index (χ0n) is 12.7. The molecular weight excluding hydrogens is 339 g/mol. The normalized spacial score (nSPS) is 17.1. The number of halogens is 3. The number of hydrogen-bond acceptors (Lipinski definition) is 2. The van der Waals surface area contributed by atoms with E-state index in [4.69, 9.17) is 0 Å². The van der Waals surface area contributed by atoms with Crippen molar-refractivity contribution in [1.82, 2.24) is 4.72 Å². The van der Waals surface area contributed by atoms with Gasteiger partial charge >= 0.3 is 0 Å². The summed E-state index contributed by atoms with van der Waals surface area (Å²) < 4.78 is 67.9. The molecule has 3 nitrogen and oxygen atoms in total. The molecule has 1 N–H and O–H groups in total. The van der Waals surface area contributed by atoms with E-state index in [1.165, 1.54) is 24.3 Å². The fourth-order valence-electron chi connectivity index (χ4n) is 3.20. The van der Waals surface area contributed by atoms with E-state index in [9.17, 15) is 21.6 Å². The van der Waals surface area contributed by atoms with E-state index in [-0.39, 0.29) is 0 Å². The van der Waals surface area contributed by atoms with Crippen LogP contribution in [0.4, 0.5) is 13.2 Å². The van der Waals surface area contributed by atoms with E-state index in [1.807, 2.05) is 0 Å². The van der Waals surface area contributed by atoms with Crippen molar-refractivity contribution in [3.8, 4) is 0 Å². The minimum absolute atomic E-state index is 0.417. The molecule has 0 amide bonds. The van der Waals surface area contributed by atoms with Crippen LogP contribution < -0.4 is 4.72 Å². The van der Waals surface area contributed by atoms with Crippen molar-refractivity contribution in [3.63, 3.8) is 0 Å². The monoisotopic (exact) mass is 355 g/mol. The molecule has 0 radical (unpaired) electrons. The highest BCUT2D eigenvalue weighted by atomic mass is 32.2. The molecular formula is C17H16F3NO2S. The van der Waals surface area contributed by atoms with Crippen LogP contribution in [0.25, 0.3) is 0 Å². The number of hydrogen-bond donors (Lipinski definition) is 1. The lowest BCUT2D eigenvalue weighted by Crippen LogP contribution is -2.44. The average Bonchev–Trinajstić information content (AvgIpc) is 2.96. The molecule has 0 unspecified atom stereocenters. The summed E-state index contributed by atoms with van der Waals surface area (Å²) in [5.74, 6) is -2.41. The van der Waals surface area contributed by atoms with Crippen molar-refractivity contribution in [3.05, 3.63) is 65.5 Å². The molecule has 3 rings (SSSR count). The molecule has 0 bridgehead atoms. The average molecular weight is 355 g/mol. The Kier molecular flexibility index (Phi) is 4.40. The summed E-state index contributed by atoms with van der Waals surface area (Å²) in [6.45, 7) is 0. The third-order valence-electron chi connectivity index (χ3n) is 4.37. The highest BCUT2D eigenvalue weighted by Gasteiger charge is 2.40. The quantitative estimate of drug-likeness (QED) is 0.905. The van der Waals surface area contributed by atoms with Gasteiger partial charge < -0.3 is 0 Å². The Labute approximate surface area is 138 Å². The first-order valence-corrected chi connectivity index (χ1v) is 9.06. The molecule has 128 valence electrons. The van der Waals surface area contributed by atoms with Crippen molar-refractivity contribution < 1.29 is 21.6 Å². The molecule has 2 aromatic carbocycles. The highest BCUT2D eigenvalue weighted by Crippen LogP contribution is 2.40. The van der Waals surface area contributed by atoms with Crippen molar-refractivity contribution in [2.24, 2.45) is 0 Å². The summed E-state index contributed by atoms with van der Waals surface area (Å²) in [5.41, 5.74) is -0.277. The van der Waals surface area contributed by atoms with Gasteiger partial charge in [0.15, 0.2) is 0 Å². The Balaban J connectivity index is 2.00. The Bertz CT molecular complexity index is 845. The third kappa shape index (κ3) is 3.18. The SMILES string of the molecule is O=S(=O)(NC1(c2ccc(F)cc2)CCCC1)c1ccc(F)cc1F. The van der Waals surface area contributed by atoms with E-state index in [0.717, 1.165) is 25.0 Å². The first-order chi connectivity index (χ1) is 11.3. The summed E-state index contributed by atoms with van der Waals surface area (Å²) in [6, 6.07) is 7.93. The molecule has 1 saturated carbocycles. The van der Waals surface area contributed by atoms with Crippen molar-refractivity contribution >= 4 is 10.0 Å². The van der Waals surface area contributed by atoms with Gasteiger partial charge in [0.2, 0.25) is 10.0 Å². The van der Waals surface area contributed by atoms with E-state index < -0.39 is 37.9 Å². The van der Waals surface area contributed by atoms with Gasteiger partial charge in [-0.2, -0.15) is 0 Å². The Morgan fingerprint density at radius 3 is 2.04 bits per heavy atom. The summed E-state index contributed by atoms with van der Waals surface area (Å²) in [6.07, 6.45) is 2.65. The van der Waals surface area contributed by atoms with Gasteiger partial charge in [-0.25, -0.2) is 26.3 Å². The van der Waals surface area contributed by atoms with Gasteiger partial charge in [-0.15, -0.1) is 0 Å². The van der Waals surface area contributed by atoms with Crippen molar-refractivity contribution in [2.45, 2.75) is 36.1 Å². The predicted octanol–water partition coefficient (Wildman–Crippen LogP) is 3.85. The Hall–Kier alpha value is -1.86. The van der Waals surface area contributed by atoms with E-state index >= 15 is 0 Å². The summed E-state index contributed by atoms with van der Waals surface area (Å²) in [7, 11) is -4.19. The standard InChI is InChI=1S/C17H16F3NO2S/c18-13-5-3-12(4-6-13)17(9-1-2-10-17)21-24(22,23)16-8-7-14(19)11-15(16)20/h3-8,11,21H,1-2,9-10H2. The van der Waals surface area contributed by atoms with Crippen LogP contribution in [-0.2, 0) is 15.6 Å². The van der Waals surface area contributed by atoms with Gasteiger partial charge in [0.1, 0.15) is 22.3 Å². The number of rotatable bonds is 4. The van der Waals surface area contributed by atoms with Crippen LogP contribution in [0, 0.1) is 17.5 Å². The van der Waals surface area contributed by atoms with Crippen LogP contribution in [0.5, 0.6) is 0 Å². The molecule has 2 aromatic rings. The van der Waals surface area contributed by atoms with Crippen LogP contribution in [-0.4, -0.2) is 8.42 Å². The van der Waals surface area contributed by atoms with Gasteiger partial charge in [-0.3, -0.25) is 0 Å². The second-order valence-corrected chi connectivity index (χ2v) is 7.63. The number of nitrogens with one attached hydrogen (secondary N) is 1. The lowest BCUT2D eigenvalue weighted by atomic mass is 9.89. The second kappa shape index (κ2) is 6.22. The Morgan fingerprint density at radius 2 is 1.46 bits per heavy atom. The number of benzene rings is 2. The lowest BCUT2D eigenvalue weighted by molar-refractivity contribution is 0.402. The third-order valence-corrected chi connectivity index (χ3v) is 5.94. The van der Waals surface area contributed by atoms with Crippen LogP contribution >= 0.6 is 0 Å². The zero-order valence-corrected chi connectivity index (χ0v) is 13.5. The fraction of sp³-hybridized carbons (Fsp3) is 0.294. The fourth-order valence-corrected chi connectivity index (χ4v) is 4.71. The minimum atomic E-state index is -4.19. The van der Waals surface area contributed by atoms with E-state index in [0.29, 0.717) is 24.5 Å². The number of sulfonamides is 1. The van der Waals surface area contributed by atoms with Gasteiger partial charge in [0.25, 0.3) is 0 Å². The summed E-state index contributed by atoms with van der Waals surface area (Å²) >= 11 is 0. The maximum atomic E-state index is 13.9. The van der Waals surface area contributed by atoms with Crippen molar-refractivity contribution in [1.29, 1.82) is 0 Å². The first kappa shape index (κ1) is 17.0. The predicted molar refractivity (Wildman–Crippen MR) is 83.2 cm³/mol. The molecule has 1 aliphatic rings. The molecule has 24 heavy (non-hydrogen) atoms. The van der Waals surface area contributed by atoms with E-state index in [1.54, 1.807) is 0 Å². The molecule has 0 aliphatic heterocycles. The zero-order chi connectivity index (χ0) is 17.4. The topological polar surface area (TPSA) is 46.2 Å². The molecule has 0 saturated heterocycles. The van der Waals surface area contributed by atoms with Gasteiger partial charge in [-0.05, 0) is 42.7 Å². The molecule has 0 spiro atoms. The summed E-state index contributed by atoms with van der Waals surface area (Å²) in [4.78, 5) is -0.600. The van der Waals surface area contributed by atoms with Crippen LogP contribution in [0.3, 0.4) is 0 Å². The first-order valence-electron chi connectivity index (χ1n) is 7.58. The van der Waals surface area contributed by atoms with Crippen LogP contribution in [0.15, 0.2) is 47.4 Å². The maximum Gasteiger partial charge on any atom is 0.244 e. The van der Waals surface area contributed by atoms with E-state index in [2.05, 4.69) is 4.72 Å². The minimum Gasteiger partial charge on any atom is -0.207 e. The molecule has 0 atom stereocenters. The van der Waals surface area contributed by atoms with Crippen LogP contribution in [0.2, 0.25) is 0 Å². The smallest absolute Gasteiger partial charge is 0.207 e. The van der Waals surface area contributed by atoms with Gasteiger partial charge in [-0.1, -0.05) is 25.0 Å². The lowest BCUT2D eigenvalue weighted by Gasteiger charge is -2.30. The molecule has 1 fully saturated rings. The molecule has 1 aliphatic carbocycles. The largest absolute Gasteiger partial charge is 0.244 e. The second-order valence-electron chi connectivity index (χ2n) is 5.98. The molecule has 0 heterocycles. The highest BCUT2D eigenvalue weighted by molar-refractivity contribution is 7.89. The summed E-state index contributed by atoms with van der Waals surface area (Å²) in [5, 5.41) is 0. The van der Waals surface area contributed by atoms with Gasteiger partial charge in [0.05, 0.1) is 5.54 Å². The van der Waals surface area contributed by atoms with Crippen LogP contribution in [0.1, 0.15) is 31.2 Å². The maximum absolute atomic E-state index is 13.9. The molecule has 0 aromatic heterocycles. The Morgan fingerprint density at radius 1 is 0.875 bits per heavy atom. The van der Waals surface area contributed by atoms with Gasteiger partial charge in [0, 0.05) is 6.07 Å². The molecule has 7 heteroatoms.